The lowest BCUT2D eigenvalue weighted by atomic mass is 9.96. The van der Waals surface area contributed by atoms with Crippen LogP contribution in [0.2, 0.25) is 0 Å². The second-order valence-corrected chi connectivity index (χ2v) is 9.98. The molecule has 2 unspecified atom stereocenters. The van der Waals surface area contributed by atoms with Gasteiger partial charge in [-0.2, -0.15) is 18.4 Å². The first-order valence-corrected chi connectivity index (χ1v) is 12.2. The molecule has 2 aromatic rings. The summed E-state index contributed by atoms with van der Waals surface area (Å²) in [7, 11) is 0. The SMILES string of the molecule is CC(C)(C)OC(=O)CNC(c1ccc(N=C(N)c2c(N[C@H]3COCCC3C#N)cc[nH]c2=O)cc1)C(F)(F)F. The fraction of sp³-hybridized carbons (Fsp3) is 0.462. The zero-order valence-electron chi connectivity index (χ0n) is 21.8. The molecule has 3 rings (SSSR count). The van der Waals surface area contributed by atoms with E-state index < -0.39 is 35.9 Å². The number of halogens is 3. The van der Waals surface area contributed by atoms with Crippen LogP contribution in [0.15, 0.2) is 46.3 Å². The Hall–Kier alpha value is -3.89. The van der Waals surface area contributed by atoms with E-state index in [9.17, 15) is 28.0 Å². The van der Waals surface area contributed by atoms with E-state index in [1.54, 1.807) is 26.8 Å². The minimum atomic E-state index is -4.69. The van der Waals surface area contributed by atoms with Gasteiger partial charge in [0.15, 0.2) is 0 Å². The molecule has 10 nitrogen and oxygen atoms in total. The maximum Gasteiger partial charge on any atom is 0.407 e. The standard InChI is InChI=1S/C26H31F3N6O4/c1-25(2,3)39-20(36)13-33-22(26(27,28)29)15-4-6-17(7-5-15)34-23(31)21-18(8-10-32-24(21)37)35-19-14-38-11-9-16(19)12-30/h4-8,10,16,19,22,33H,9,11,13-14H2,1-3H3,(H2,31,34)(H2,32,35,37)/t16?,19-,22?/m0/s1. The Morgan fingerprint density at radius 1 is 1.28 bits per heavy atom. The van der Waals surface area contributed by atoms with E-state index in [0.29, 0.717) is 18.7 Å². The van der Waals surface area contributed by atoms with E-state index in [4.69, 9.17) is 15.2 Å². The lowest BCUT2D eigenvalue weighted by Crippen LogP contribution is -2.39. The number of rotatable bonds is 8. The van der Waals surface area contributed by atoms with Gasteiger partial charge in [0.25, 0.3) is 5.56 Å². The number of aromatic amines is 1. The van der Waals surface area contributed by atoms with E-state index in [1.807, 2.05) is 0 Å². The predicted molar refractivity (Wildman–Crippen MR) is 138 cm³/mol. The van der Waals surface area contributed by atoms with Gasteiger partial charge in [-0.05, 0) is 51.0 Å². The normalized spacial score (nSPS) is 19.2. The van der Waals surface area contributed by atoms with Gasteiger partial charge in [-0.25, -0.2) is 4.99 Å². The highest BCUT2D eigenvalue weighted by atomic mass is 19.4. The van der Waals surface area contributed by atoms with Gasteiger partial charge in [0.05, 0.1) is 42.6 Å². The lowest BCUT2D eigenvalue weighted by Gasteiger charge is -2.29. The number of carbonyl (C=O) groups is 1. The maximum atomic E-state index is 13.7. The number of aliphatic imine (C=N–C) groups is 1. The van der Waals surface area contributed by atoms with Gasteiger partial charge in [-0.1, -0.05) is 12.1 Å². The third kappa shape index (κ3) is 8.30. The first kappa shape index (κ1) is 29.7. The number of hydrogen-bond donors (Lipinski definition) is 4. The molecule has 0 bridgehead atoms. The largest absolute Gasteiger partial charge is 0.459 e. The summed E-state index contributed by atoms with van der Waals surface area (Å²) in [5.41, 5.74) is 5.21. The average Bonchev–Trinajstić information content (AvgIpc) is 2.83. The minimum absolute atomic E-state index is 0.0241. The molecule has 1 fully saturated rings. The molecule has 0 saturated carbocycles. The van der Waals surface area contributed by atoms with Crippen molar-refractivity contribution in [2.75, 3.05) is 25.1 Å². The number of H-pyrrole nitrogens is 1. The summed E-state index contributed by atoms with van der Waals surface area (Å²) >= 11 is 0. The summed E-state index contributed by atoms with van der Waals surface area (Å²) in [5.74, 6) is -1.32. The number of carbonyl (C=O) groups excluding carboxylic acids is 1. The number of nitrogens with two attached hydrogens (primary N) is 1. The zero-order chi connectivity index (χ0) is 28.8. The van der Waals surface area contributed by atoms with Crippen molar-refractivity contribution in [1.82, 2.24) is 10.3 Å². The summed E-state index contributed by atoms with van der Waals surface area (Å²) in [6, 6.07) is 6.36. The van der Waals surface area contributed by atoms with Crippen molar-refractivity contribution in [3.05, 3.63) is 58.0 Å². The van der Waals surface area contributed by atoms with Gasteiger partial charge in [-0.3, -0.25) is 14.9 Å². The molecule has 39 heavy (non-hydrogen) atoms. The Kier molecular flexibility index (Phi) is 9.36. The summed E-state index contributed by atoms with van der Waals surface area (Å²) in [6.07, 6.45) is -2.73. The molecule has 1 aliphatic rings. The number of amidine groups is 1. The quantitative estimate of drug-likeness (QED) is 0.223. The summed E-state index contributed by atoms with van der Waals surface area (Å²) in [5, 5.41) is 14.8. The summed E-state index contributed by atoms with van der Waals surface area (Å²) in [6.45, 7) is 4.95. The lowest BCUT2D eigenvalue weighted by molar-refractivity contribution is -0.164. The van der Waals surface area contributed by atoms with Crippen LogP contribution in [0.5, 0.6) is 0 Å². The van der Waals surface area contributed by atoms with Gasteiger partial charge < -0.3 is 25.5 Å². The Labute approximate surface area is 223 Å². The highest BCUT2D eigenvalue weighted by Crippen LogP contribution is 2.33. The van der Waals surface area contributed by atoms with Crippen LogP contribution in [0.4, 0.5) is 24.5 Å². The van der Waals surface area contributed by atoms with Gasteiger partial charge in [0.1, 0.15) is 23.0 Å². The van der Waals surface area contributed by atoms with Gasteiger partial charge in [0, 0.05) is 12.8 Å². The molecule has 1 saturated heterocycles. The molecule has 13 heteroatoms. The van der Waals surface area contributed by atoms with Crippen molar-refractivity contribution in [2.24, 2.45) is 16.6 Å². The molecule has 210 valence electrons. The molecule has 1 aliphatic heterocycles. The van der Waals surface area contributed by atoms with Crippen LogP contribution in [-0.4, -0.2) is 54.4 Å². The number of nitrogens with zero attached hydrogens (tertiary/aromatic N) is 2. The van der Waals surface area contributed by atoms with Gasteiger partial charge in [-0.15, -0.1) is 0 Å². The second kappa shape index (κ2) is 12.3. The van der Waals surface area contributed by atoms with Crippen molar-refractivity contribution in [2.45, 2.75) is 51.1 Å². The minimum Gasteiger partial charge on any atom is -0.459 e. The van der Waals surface area contributed by atoms with Crippen LogP contribution in [0.25, 0.3) is 0 Å². The monoisotopic (exact) mass is 548 g/mol. The second-order valence-electron chi connectivity index (χ2n) is 9.98. The Bertz CT molecular complexity index is 1280. The van der Waals surface area contributed by atoms with Gasteiger partial charge in [0.2, 0.25) is 0 Å². The van der Waals surface area contributed by atoms with Crippen molar-refractivity contribution < 1.29 is 27.4 Å². The molecule has 3 atom stereocenters. The molecule has 0 amide bonds. The van der Waals surface area contributed by atoms with Crippen LogP contribution in [0.3, 0.4) is 0 Å². The molecule has 0 radical (unpaired) electrons. The van der Waals surface area contributed by atoms with Crippen molar-refractivity contribution in [1.29, 1.82) is 5.26 Å². The predicted octanol–water partition coefficient (Wildman–Crippen LogP) is 3.29. The highest BCUT2D eigenvalue weighted by Gasteiger charge is 2.41. The van der Waals surface area contributed by atoms with Crippen molar-refractivity contribution in [3.63, 3.8) is 0 Å². The number of ether oxygens (including phenoxy) is 2. The van der Waals surface area contributed by atoms with E-state index in [-0.39, 0.29) is 41.2 Å². The fourth-order valence-corrected chi connectivity index (χ4v) is 4.01. The Balaban J connectivity index is 1.81. The fourth-order valence-electron chi connectivity index (χ4n) is 4.01. The summed E-state index contributed by atoms with van der Waals surface area (Å²) < 4.78 is 51.7. The van der Waals surface area contributed by atoms with Crippen LogP contribution in [0.1, 0.15) is 44.4 Å². The smallest absolute Gasteiger partial charge is 0.407 e. The number of nitrogens with one attached hydrogen (secondary N) is 3. The van der Waals surface area contributed by atoms with E-state index >= 15 is 0 Å². The first-order valence-electron chi connectivity index (χ1n) is 12.2. The number of hydrogen-bond acceptors (Lipinski definition) is 8. The number of aromatic nitrogens is 1. The van der Waals surface area contributed by atoms with Gasteiger partial charge >= 0.3 is 12.1 Å². The summed E-state index contributed by atoms with van der Waals surface area (Å²) in [4.78, 5) is 31.3. The molecule has 0 aliphatic carbocycles. The van der Waals surface area contributed by atoms with E-state index in [2.05, 4.69) is 26.7 Å². The van der Waals surface area contributed by atoms with Crippen LogP contribution in [-0.2, 0) is 14.3 Å². The molecule has 1 aromatic carbocycles. The first-order chi connectivity index (χ1) is 18.3. The number of esters is 1. The third-order valence-corrected chi connectivity index (χ3v) is 5.75. The molecule has 5 N–H and O–H groups in total. The zero-order valence-corrected chi connectivity index (χ0v) is 21.8. The van der Waals surface area contributed by atoms with Crippen LogP contribution >= 0.6 is 0 Å². The Morgan fingerprint density at radius 3 is 2.59 bits per heavy atom. The molecule has 1 aromatic heterocycles. The third-order valence-electron chi connectivity index (χ3n) is 5.75. The molecular formula is C26H31F3N6O4. The number of nitriles is 1. The highest BCUT2D eigenvalue weighted by molar-refractivity contribution is 6.03. The van der Waals surface area contributed by atoms with E-state index in [0.717, 1.165) is 0 Å². The molecular weight excluding hydrogens is 517 g/mol. The molecule has 0 spiro atoms. The van der Waals surface area contributed by atoms with Crippen molar-refractivity contribution >= 4 is 23.2 Å². The number of alkyl halides is 3. The topological polar surface area (TPSA) is 155 Å². The number of anilines is 1. The van der Waals surface area contributed by atoms with E-state index in [1.165, 1.54) is 30.5 Å². The maximum absolute atomic E-state index is 13.7. The van der Waals surface area contributed by atoms with Crippen molar-refractivity contribution in [3.8, 4) is 6.07 Å². The average molecular weight is 549 g/mol. The number of benzene rings is 1. The number of pyridine rings is 1. The van der Waals surface area contributed by atoms with Crippen LogP contribution in [0, 0.1) is 17.2 Å². The van der Waals surface area contributed by atoms with Crippen LogP contribution < -0.4 is 21.9 Å². The molecule has 2 heterocycles. The Morgan fingerprint density at radius 2 is 1.97 bits per heavy atom.